The van der Waals surface area contributed by atoms with Crippen molar-refractivity contribution >= 4 is 53.7 Å². The number of amides is 1. The van der Waals surface area contributed by atoms with E-state index < -0.39 is 12.7 Å². The van der Waals surface area contributed by atoms with Crippen LogP contribution in [0, 0.1) is 0 Å². The minimum atomic E-state index is -2.47. The molecule has 11 heteroatoms. The van der Waals surface area contributed by atoms with Crippen molar-refractivity contribution in [3.63, 3.8) is 0 Å². The minimum absolute atomic E-state index is 0.123. The van der Waals surface area contributed by atoms with Gasteiger partial charge in [-0.1, -0.05) is 12.2 Å². The molecule has 0 spiro atoms. The van der Waals surface area contributed by atoms with Crippen LogP contribution in [0.5, 0.6) is 0 Å². The smallest absolute Gasteiger partial charge is 0.324 e. The maximum Gasteiger partial charge on any atom is 0.432 e. The number of nitrogens with one attached hydrogen (secondary N) is 2. The third-order valence-corrected chi connectivity index (χ3v) is 7.65. The molecule has 0 radical (unpaired) electrons. The molecule has 0 unspecified atom stereocenters. The van der Waals surface area contributed by atoms with Crippen LogP contribution in [-0.2, 0) is 25.7 Å². The van der Waals surface area contributed by atoms with Gasteiger partial charge in [0, 0.05) is 6.04 Å². The molecular formula is C10H20N3O4PS3. The molecule has 1 fully saturated rings. The molecule has 1 amide bonds. The van der Waals surface area contributed by atoms with Gasteiger partial charge in [-0.2, -0.15) is 4.08 Å². The second-order valence-electron chi connectivity index (χ2n) is 4.38. The average Bonchev–Trinajstić information content (AvgIpc) is 2.41. The molecule has 1 aliphatic rings. The lowest BCUT2D eigenvalue weighted by molar-refractivity contribution is 0.122. The van der Waals surface area contributed by atoms with Crippen molar-refractivity contribution in [3.05, 3.63) is 0 Å². The van der Waals surface area contributed by atoms with Crippen molar-refractivity contribution in [3.8, 4) is 0 Å². The van der Waals surface area contributed by atoms with Gasteiger partial charge < -0.3 is 19.2 Å². The average molecular weight is 373 g/mol. The van der Waals surface area contributed by atoms with Crippen molar-refractivity contribution in [1.29, 1.82) is 0 Å². The first-order valence-corrected chi connectivity index (χ1v) is 10.3. The summed E-state index contributed by atoms with van der Waals surface area (Å²) in [4.78, 5) is 16.4. The van der Waals surface area contributed by atoms with Crippen LogP contribution in [0.25, 0.3) is 0 Å². The fourth-order valence-electron chi connectivity index (χ4n) is 1.38. The van der Waals surface area contributed by atoms with Gasteiger partial charge in [0.1, 0.15) is 4.99 Å². The Morgan fingerprint density at radius 1 is 1.48 bits per heavy atom. The first kappa shape index (κ1) is 19.1. The fourth-order valence-corrected chi connectivity index (χ4v) is 6.08. The molecule has 7 nitrogen and oxygen atoms in total. The van der Waals surface area contributed by atoms with E-state index in [1.54, 1.807) is 6.92 Å². The molecule has 1 heterocycles. The zero-order chi connectivity index (χ0) is 15.9. The third-order valence-electron chi connectivity index (χ3n) is 2.18. The molecule has 122 valence electrons. The van der Waals surface area contributed by atoms with Gasteiger partial charge in [0.15, 0.2) is 0 Å². The van der Waals surface area contributed by atoms with Crippen molar-refractivity contribution in [1.82, 2.24) is 14.9 Å². The maximum atomic E-state index is 11.4. The summed E-state index contributed by atoms with van der Waals surface area (Å²) in [6.45, 7) is 4.35. The SMILES string of the molecule is CC(=S)NOC(=O)NCSN(C(C)C)P1(=S)OCCCO1. The van der Waals surface area contributed by atoms with E-state index in [0.29, 0.717) is 24.1 Å². The molecule has 0 saturated carbocycles. The quantitative estimate of drug-likeness (QED) is 0.249. The normalized spacial score (nSPS) is 17.6. The molecule has 1 aliphatic heterocycles. The molecule has 0 aromatic rings. The Bertz CT molecular complexity index is 414. The van der Waals surface area contributed by atoms with E-state index in [0.717, 1.165) is 6.42 Å². The molecule has 2 N–H and O–H groups in total. The number of carbonyl (C=O) groups is 1. The van der Waals surface area contributed by atoms with Crippen LogP contribution >= 0.6 is 30.8 Å². The zero-order valence-electron chi connectivity index (χ0n) is 12.2. The summed E-state index contributed by atoms with van der Waals surface area (Å²) in [7, 11) is 0. The summed E-state index contributed by atoms with van der Waals surface area (Å²) in [6, 6.07) is 0.123. The molecule has 1 rings (SSSR count). The van der Waals surface area contributed by atoms with Crippen LogP contribution < -0.4 is 10.8 Å². The van der Waals surface area contributed by atoms with Crippen LogP contribution in [0.15, 0.2) is 0 Å². The van der Waals surface area contributed by atoms with Crippen molar-refractivity contribution < 1.29 is 18.7 Å². The van der Waals surface area contributed by atoms with Gasteiger partial charge in [0.25, 0.3) is 6.64 Å². The lowest BCUT2D eigenvalue weighted by Gasteiger charge is -2.37. The van der Waals surface area contributed by atoms with Crippen molar-refractivity contribution in [2.75, 3.05) is 19.1 Å². The highest BCUT2D eigenvalue weighted by molar-refractivity contribution is 8.15. The van der Waals surface area contributed by atoms with E-state index >= 15 is 0 Å². The van der Waals surface area contributed by atoms with Gasteiger partial charge in [-0.3, -0.25) is 0 Å². The summed E-state index contributed by atoms with van der Waals surface area (Å²) in [5, 5.41) is 2.58. The van der Waals surface area contributed by atoms with Crippen LogP contribution in [0.1, 0.15) is 27.2 Å². The summed E-state index contributed by atoms with van der Waals surface area (Å²) in [6.07, 6.45) is 0.236. The van der Waals surface area contributed by atoms with Crippen LogP contribution in [0.3, 0.4) is 0 Å². The topological polar surface area (TPSA) is 72.1 Å². The van der Waals surface area contributed by atoms with Gasteiger partial charge in [0.2, 0.25) is 0 Å². The van der Waals surface area contributed by atoms with E-state index in [1.165, 1.54) is 11.9 Å². The first-order chi connectivity index (χ1) is 9.85. The van der Waals surface area contributed by atoms with E-state index in [9.17, 15) is 4.79 Å². The molecule has 0 aromatic carbocycles. The highest BCUT2D eigenvalue weighted by atomic mass is 32.5. The highest BCUT2D eigenvalue weighted by Gasteiger charge is 2.33. The molecule has 0 aliphatic carbocycles. The van der Waals surface area contributed by atoms with E-state index in [2.05, 4.69) is 15.6 Å². The first-order valence-electron chi connectivity index (χ1n) is 6.38. The van der Waals surface area contributed by atoms with Gasteiger partial charge in [-0.15, -0.1) is 0 Å². The molecule has 0 aromatic heterocycles. The summed E-state index contributed by atoms with van der Waals surface area (Å²) in [5.41, 5.74) is 2.31. The number of carbonyl (C=O) groups excluding carboxylic acids is 1. The van der Waals surface area contributed by atoms with E-state index in [4.69, 9.17) is 33.1 Å². The number of hydrogen-bond donors (Lipinski definition) is 2. The number of hydroxylamine groups is 1. The minimum Gasteiger partial charge on any atom is -0.324 e. The van der Waals surface area contributed by atoms with Crippen LogP contribution in [0.2, 0.25) is 0 Å². The molecular weight excluding hydrogens is 353 g/mol. The maximum absolute atomic E-state index is 11.4. The predicted molar refractivity (Wildman–Crippen MR) is 91.3 cm³/mol. The number of thiocarbonyl (C=S) groups is 1. The lowest BCUT2D eigenvalue weighted by Crippen LogP contribution is -2.34. The number of nitrogens with zero attached hydrogens (tertiary/aromatic N) is 1. The molecule has 0 bridgehead atoms. The number of rotatable bonds is 5. The Balaban J connectivity index is 2.43. The number of hydrogen-bond acceptors (Lipinski definition) is 7. The van der Waals surface area contributed by atoms with Crippen molar-refractivity contribution in [2.45, 2.75) is 33.2 Å². The Hall–Kier alpha value is 0.0400. The lowest BCUT2D eigenvalue weighted by atomic mass is 10.4. The second kappa shape index (κ2) is 9.24. The fraction of sp³-hybridized carbons (Fsp3) is 0.800. The summed E-state index contributed by atoms with van der Waals surface area (Å²) >= 11 is 11.6. The van der Waals surface area contributed by atoms with E-state index in [-0.39, 0.29) is 6.04 Å². The standard InChI is InChI=1S/C10H20N3O4PS3/c1-8(2)13(18(20)15-5-4-6-16-18)21-7-11-10(14)17-12-9(3)19/h8H,4-7H2,1-3H3,(H,11,14)(H,12,19). The summed E-state index contributed by atoms with van der Waals surface area (Å²) < 4.78 is 13.2. The van der Waals surface area contributed by atoms with Gasteiger partial charge in [0.05, 0.1) is 19.1 Å². The van der Waals surface area contributed by atoms with Crippen LogP contribution in [0.4, 0.5) is 4.79 Å². The van der Waals surface area contributed by atoms with E-state index in [1.807, 2.05) is 17.9 Å². The zero-order valence-corrected chi connectivity index (χ0v) is 15.5. The predicted octanol–water partition coefficient (Wildman–Crippen LogP) is 2.54. The monoisotopic (exact) mass is 373 g/mol. The third kappa shape index (κ3) is 6.77. The van der Waals surface area contributed by atoms with Crippen LogP contribution in [-0.4, -0.2) is 40.3 Å². The Labute approximate surface area is 139 Å². The molecule has 0 atom stereocenters. The Morgan fingerprint density at radius 2 is 2.10 bits per heavy atom. The largest absolute Gasteiger partial charge is 0.432 e. The Kier molecular flexibility index (Phi) is 8.40. The van der Waals surface area contributed by atoms with Gasteiger partial charge >= 0.3 is 6.09 Å². The van der Waals surface area contributed by atoms with Gasteiger partial charge in [-0.05, 0) is 50.9 Å². The Morgan fingerprint density at radius 3 is 2.62 bits per heavy atom. The van der Waals surface area contributed by atoms with Gasteiger partial charge in [-0.25, -0.2) is 10.3 Å². The van der Waals surface area contributed by atoms with Crippen molar-refractivity contribution in [2.24, 2.45) is 0 Å². The second-order valence-corrected chi connectivity index (χ2v) is 9.47. The molecule has 1 saturated heterocycles. The highest BCUT2D eigenvalue weighted by Crippen LogP contribution is 2.58. The molecule has 21 heavy (non-hydrogen) atoms. The summed E-state index contributed by atoms with van der Waals surface area (Å²) in [5.74, 6) is 0.292.